The monoisotopic (exact) mass is 227 g/mol. The zero-order valence-corrected chi connectivity index (χ0v) is 8.21. The van der Waals surface area contributed by atoms with Gasteiger partial charge >= 0.3 is 0 Å². The van der Waals surface area contributed by atoms with Gasteiger partial charge in [-0.2, -0.15) is 0 Å². The van der Waals surface area contributed by atoms with Crippen molar-refractivity contribution >= 4 is 21.7 Å². The van der Waals surface area contributed by atoms with Crippen LogP contribution < -0.4 is 5.73 Å². The molecule has 0 aliphatic heterocycles. The Morgan fingerprint density at radius 1 is 1.50 bits per heavy atom. The van der Waals surface area contributed by atoms with E-state index < -0.39 is 0 Å². The van der Waals surface area contributed by atoms with Crippen molar-refractivity contribution in [3.63, 3.8) is 0 Å². The molecule has 0 radical (unpaired) electrons. The molecule has 1 aromatic rings. The van der Waals surface area contributed by atoms with Gasteiger partial charge in [-0.15, -0.1) is 0 Å². The van der Waals surface area contributed by atoms with Crippen molar-refractivity contribution in [3.8, 4) is 0 Å². The van der Waals surface area contributed by atoms with E-state index in [4.69, 9.17) is 5.73 Å². The average Bonchev–Trinajstić information content (AvgIpc) is 1.91. The smallest absolute Gasteiger partial charge is 0.143 e. The molecule has 0 atom stereocenters. The van der Waals surface area contributed by atoms with Gasteiger partial charge in [-0.25, -0.2) is 4.98 Å². The second kappa shape index (κ2) is 3.01. The van der Waals surface area contributed by atoms with Crippen LogP contribution in [0.15, 0.2) is 10.8 Å². The molecular weight excluding hydrogens is 218 g/mol. The van der Waals surface area contributed by atoms with Crippen LogP contribution >= 0.6 is 15.9 Å². The zero-order valence-electron chi connectivity index (χ0n) is 6.63. The molecule has 12 heavy (non-hydrogen) atoms. The molecule has 0 bridgehead atoms. The van der Waals surface area contributed by atoms with Crippen molar-refractivity contribution in [1.82, 2.24) is 9.97 Å². The average molecular weight is 228 g/mol. The van der Waals surface area contributed by atoms with Gasteiger partial charge in [0.05, 0.1) is 11.9 Å². The van der Waals surface area contributed by atoms with Gasteiger partial charge in [0.1, 0.15) is 10.4 Å². The third-order valence-electron chi connectivity index (χ3n) is 2.27. The van der Waals surface area contributed by atoms with E-state index in [-0.39, 0.29) is 0 Å². The Morgan fingerprint density at radius 2 is 2.25 bits per heavy atom. The molecule has 0 unspecified atom stereocenters. The van der Waals surface area contributed by atoms with Crippen molar-refractivity contribution in [3.05, 3.63) is 16.5 Å². The Kier molecular flexibility index (Phi) is 2.00. The fourth-order valence-corrected chi connectivity index (χ4v) is 1.97. The first kappa shape index (κ1) is 7.98. The van der Waals surface area contributed by atoms with Crippen molar-refractivity contribution in [1.29, 1.82) is 0 Å². The highest BCUT2D eigenvalue weighted by molar-refractivity contribution is 9.10. The van der Waals surface area contributed by atoms with Crippen molar-refractivity contribution < 1.29 is 0 Å². The predicted molar refractivity (Wildman–Crippen MR) is 50.7 cm³/mol. The highest BCUT2D eigenvalue weighted by Crippen LogP contribution is 2.37. The normalized spacial score (nSPS) is 17.4. The summed E-state index contributed by atoms with van der Waals surface area (Å²) in [5.41, 5.74) is 6.55. The quantitative estimate of drug-likeness (QED) is 0.800. The van der Waals surface area contributed by atoms with Crippen molar-refractivity contribution in [2.45, 2.75) is 25.2 Å². The first-order valence-corrected chi connectivity index (χ1v) is 4.84. The van der Waals surface area contributed by atoms with E-state index >= 15 is 0 Å². The zero-order chi connectivity index (χ0) is 8.55. The summed E-state index contributed by atoms with van der Waals surface area (Å²) < 4.78 is 0.812. The number of rotatable bonds is 1. The van der Waals surface area contributed by atoms with Gasteiger partial charge in [-0.1, -0.05) is 6.42 Å². The summed E-state index contributed by atoms with van der Waals surface area (Å²) in [6.07, 6.45) is 5.40. The molecule has 1 heterocycles. The number of nitrogen functional groups attached to an aromatic ring is 1. The molecule has 0 saturated heterocycles. The molecule has 0 spiro atoms. The number of halogens is 1. The molecule has 1 aliphatic carbocycles. The summed E-state index contributed by atoms with van der Waals surface area (Å²) in [7, 11) is 0. The topological polar surface area (TPSA) is 51.8 Å². The van der Waals surface area contributed by atoms with Crippen LogP contribution in [0.5, 0.6) is 0 Å². The van der Waals surface area contributed by atoms with Gasteiger partial charge in [0.15, 0.2) is 0 Å². The summed E-state index contributed by atoms with van der Waals surface area (Å²) in [5, 5.41) is 0. The van der Waals surface area contributed by atoms with Crippen molar-refractivity contribution in [2.24, 2.45) is 0 Å². The van der Waals surface area contributed by atoms with Crippen LogP contribution in [0.25, 0.3) is 0 Å². The lowest BCUT2D eigenvalue weighted by Crippen LogP contribution is -2.12. The first-order valence-electron chi connectivity index (χ1n) is 4.05. The number of nitrogens with two attached hydrogens (primary N) is 1. The van der Waals surface area contributed by atoms with Gasteiger partial charge in [-0.05, 0) is 28.8 Å². The van der Waals surface area contributed by atoms with Crippen LogP contribution in [-0.2, 0) is 0 Å². The third-order valence-corrected chi connectivity index (χ3v) is 2.85. The van der Waals surface area contributed by atoms with Crippen LogP contribution in [-0.4, -0.2) is 9.97 Å². The molecule has 1 fully saturated rings. The minimum Gasteiger partial charge on any atom is -0.382 e. The van der Waals surface area contributed by atoms with Crippen molar-refractivity contribution in [2.75, 3.05) is 5.73 Å². The molecular formula is C8H10BrN3. The van der Waals surface area contributed by atoms with Gasteiger partial charge in [0.2, 0.25) is 0 Å². The fraction of sp³-hybridized carbons (Fsp3) is 0.500. The maximum absolute atomic E-state index is 5.48. The highest BCUT2D eigenvalue weighted by atomic mass is 79.9. The van der Waals surface area contributed by atoms with Crippen LogP contribution in [0.3, 0.4) is 0 Å². The van der Waals surface area contributed by atoms with Gasteiger partial charge in [-0.3, -0.25) is 4.98 Å². The molecule has 3 nitrogen and oxygen atoms in total. The van der Waals surface area contributed by atoms with Gasteiger partial charge in [0, 0.05) is 5.92 Å². The molecule has 0 amide bonds. The summed E-state index contributed by atoms with van der Waals surface area (Å²) in [5.74, 6) is 1.08. The lowest BCUT2D eigenvalue weighted by atomic mass is 9.83. The second-order valence-corrected chi connectivity index (χ2v) is 3.85. The Hall–Kier alpha value is -0.640. The largest absolute Gasteiger partial charge is 0.382 e. The number of anilines is 1. The molecule has 1 aliphatic rings. The number of aromatic nitrogens is 2. The van der Waals surface area contributed by atoms with E-state index in [1.165, 1.54) is 19.3 Å². The van der Waals surface area contributed by atoms with E-state index in [0.717, 1.165) is 10.3 Å². The van der Waals surface area contributed by atoms with E-state index in [2.05, 4.69) is 25.9 Å². The lowest BCUT2D eigenvalue weighted by molar-refractivity contribution is 0.408. The van der Waals surface area contributed by atoms with E-state index in [1.54, 1.807) is 6.20 Å². The van der Waals surface area contributed by atoms with Gasteiger partial charge in [0.25, 0.3) is 0 Å². The molecule has 1 saturated carbocycles. The molecule has 4 heteroatoms. The molecule has 2 rings (SSSR count). The standard InChI is InChI=1S/C8H10BrN3/c9-8-7(5-2-1-3-5)11-4-6(10)12-8/h4-5H,1-3H2,(H2,10,12). The molecule has 2 N–H and O–H groups in total. The van der Waals surface area contributed by atoms with Gasteiger partial charge < -0.3 is 5.73 Å². The molecule has 0 aromatic carbocycles. The Morgan fingerprint density at radius 3 is 2.75 bits per heavy atom. The van der Waals surface area contributed by atoms with Crippen LogP contribution in [0.1, 0.15) is 30.9 Å². The van der Waals surface area contributed by atoms with Crippen LogP contribution in [0.4, 0.5) is 5.82 Å². The summed E-state index contributed by atoms with van der Waals surface area (Å²) in [4.78, 5) is 8.37. The van der Waals surface area contributed by atoms with Crippen LogP contribution in [0, 0.1) is 0 Å². The lowest BCUT2D eigenvalue weighted by Gasteiger charge is -2.24. The predicted octanol–water partition coefficient (Wildman–Crippen LogP) is 2.09. The maximum Gasteiger partial charge on any atom is 0.143 e. The van der Waals surface area contributed by atoms with E-state index in [1.807, 2.05) is 0 Å². The minimum absolute atomic E-state index is 0.477. The Labute approximate surface area is 79.5 Å². The first-order chi connectivity index (χ1) is 5.77. The van der Waals surface area contributed by atoms with E-state index in [9.17, 15) is 0 Å². The molecule has 1 aromatic heterocycles. The summed E-state index contributed by atoms with van der Waals surface area (Å²) in [6.45, 7) is 0. The minimum atomic E-state index is 0.477. The maximum atomic E-state index is 5.48. The number of nitrogens with zero attached hydrogens (tertiary/aromatic N) is 2. The Bertz CT molecular complexity index is 296. The highest BCUT2D eigenvalue weighted by Gasteiger charge is 2.23. The number of hydrogen-bond donors (Lipinski definition) is 1. The number of hydrogen-bond acceptors (Lipinski definition) is 3. The fourth-order valence-electron chi connectivity index (χ4n) is 1.34. The summed E-state index contributed by atoms with van der Waals surface area (Å²) >= 11 is 3.37. The van der Waals surface area contributed by atoms with Crippen LogP contribution in [0.2, 0.25) is 0 Å². The third kappa shape index (κ3) is 1.31. The SMILES string of the molecule is Nc1cnc(C2CCC2)c(Br)n1. The molecule has 64 valence electrons. The summed E-state index contributed by atoms with van der Waals surface area (Å²) in [6, 6.07) is 0. The van der Waals surface area contributed by atoms with E-state index in [0.29, 0.717) is 11.7 Å². The second-order valence-electron chi connectivity index (χ2n) is 3.10. The Balaban J connectivity index is 2.31.